The van der Waals surface area contributed by atoms with E-state index in [4.69, 9.17) is 16.7 Å². The van der Waals surface area contributed by atoms with Gasteiger partial charge in [-0.2, -0.15) is 17.6 Å². The molecule has 1 aliphatic carbocycles. The summed E-state index contributed by atoms with van der Waals surface area (Å²) in [5, 5.41) is 15.3. The van der Waals surface area contributed by atoms with Gasteiger partial charge in [-0.3, -0.25) is 10.1 Å². The highest BCUT2D eigenvalue weighted by atomic mass is 35.5. The molecule has 0 unspecified atom stereocenters. The van der Waals surface area contributed by atoms with Crippen molar-refractivity contribution in [2.45, 2.75) is 25.4 Å². The van der Waals surface area contributed by atoms with E-state index in [2.05, 4.69) is 15.2 Å². The standard InChI is InChI=1S/C28H20ClF4N3O2/c29-21-13-19(28(31,32)33)14-34-26(21)25(16-2-1-3-16)24(17-7-4-15(5-8-17)6-11-23(37)38)18-9-10-22-20(12-18)27(30)36-35-22/h4-14,16H,1-3H2,(H,35,36)(H,37,38). The number of alkyl halides is 3. The predicted octanol–water partition coefficient (Wildman–Crippen LogP) is 7.63. The number of aliphatic carboxylic acids is 1. The third-order valence-corrected chi connectivity index (χ3v) is 6.92. The Labute approximate surface area is 219 Å². The van der Waals surface area contributed by atoms with Gasteiger partial charge in [0.05, 0.1) is 27.2 Å². The van der Waals surface area contributed by atoms with Gasteiger partial charge >= 0.3 is 12.1 Å². The van der Waals surface area contributed by atoms with Crippen molar-refractivity contribution in [3.05, 3.63) is 99.7 Å². The molecule has 2 aromatic heterocycles. The first-order chi connectivity index (χ1) is 18.1. The molecule has 0 amide bonds. The van der Waals surface area contributed by atoms with E-state index >= 15 is 0 Å². The zero-order valence-corrected chi connectivity index (χ0v) is 20.4. The van der Waals surface area contributed by atoms with Crippen molar-refractivity contribution in [3.8, 4) is 0 Å². The number of allylic oxidation sites excluding steroid dienone is 1. The van der Waals surface area contributed by atoms with Crippen LogP contribution >= 0.6 is 11.6 Å². The number of halogens is 5. The van der Waals surface area contributed by atoms with Gasteiger partial charge in [0.1, 0.15) is 0 Å². The number of carbonyl (C=O) groups is 1. The molecular formula is C28H20ClF4N3O2. The molecular weight excluding hydrogens is 522 g/mol. The summed E-state index contributed by atoms with van der Waals surface area (Å²) in [6, 6.07) is 13.0. The first-order valence-corrected chi connectivity index (χ1v) is 12.1. The van der Waals surface area contributed by atoms with E-state index in [9.17, 15) is 22.4 Å². The number of carboxylic acids is 1. The molecule has 2 heterocycles. The fourth-order valence-electron chi connectivity index (χ4n) is 4.55. The average molecular weight is 542 g/mol. The van der Waals surface area contributed by atoms with Crippen molar-refractivity contribution in [2.24, 2.45) is 5.92 Å². The molecule has 1 saturated carbocycles. The Hall–Kier alpha value is -3.98. The lowest BCUT2D eigenvalue weighted by Crippen LogP contribution is -2.17. The highest BCUT2D eigenvalue weighted by molar-refractivity contribution is 6.32. The number of H-pyrrole nitrogens is 1. The van der Waals surface area contributed by atoms with E-state index in [0.29, 0.717) is 33.4 Å². The smallest absolute Gasteiger partial charge is 0.417 e. The van der Waals surface area contributed by atoms with Crippen LogP contribution in [-0.2, 0) is 11.0 Å². The molecule has 1 fully saturated rings. The maximum Gasteiger partial charge on any atom is 0.417 e. The first kappa shape index (κ1) is 25.7. The fourth-order valence-corrected chi connectivity index (χ4v) is 4.82. The number of carboxylic acid groups (broad SMARTS) is 1. The molecule has 194 valence electrons. The van der Waals surface area contributed by atoms with E-state index in [1.165, 1.54) is 6.08 Å². The van der Waals surface area contributed by atoms with Crippen LogP contribution in [0.5, 0.6) is 0 Å². The summed E-state index contributed by atoms with van der Waals surface area (Å²) in [6.45, 7) is 0. The van der Waals surface area contributed by atoms with Gasteiger partial charge in [-0.1, -0.05) is 48.4 Å². The SMILES string of the molecule is O=C(O)C=Cc1ccc(C(=C(c2ncc(C(F)(F)F)cc2Cl)C2CCC2)c2ccc3[nH]nc(F)c3c2)cc1. The lowest BCUT2D eigenvalue weighted by molar-refractivity contribution is -0.138. The largest absolute Gasteiger partial charge is 0.478 e. The Balaban J connectivity index is 1.76. The number of nitrogens with one attached hydrogen (secondary N) is 1. The Morgan fingerprint density at radius 2 is 1.79 bits per heavy atom. The highest BCUT2D eigenvalue weighted by Gasteiger charge is 2.34. The number of aromatic amines is 1. The second-order valence-electron chi connectivity index (χ2n) is 9.04. The summed E-state index contributed by atoms with van der Waals surface area (Å²) in [5.74, 6) is -1.78. The molecule has 38 heavy (non-hydrogen) atoms. The molecule has 1 aliphatic rings. The summed E-state index contributed by atoms with van der Waals surface area (Å²) in [7, 11) is 0. The van der Waals surface area contributed by atoms with E-state index in [1.807, 2.05) is 0 Å². The predicted molar refractivity (Wildman–Crippen MR) is 137 cm³/mol. The van der Waals surface area contributed by atoms with Crippen LogP contribution in [0.15, 0.2) is 60.8 Å². The summed E-state index contributed by atoms with van der Waals surface area (Å²) in [5.41, 5.74) is 3.07. The van der Waals surface area contributed by atoms with Crippen LogP contribution in [0.25, 0.3) is 28.1 Å². The van der Waals surface area contributed by atoms with Crippen molar-refractivity contribution in [1.82, 2.24) is 15.2 Å². The topological polar surface area (TPSA) is 78.9 Å². The van der Waals surface area contributed by atoms with E-state index in [1.54, 1.807) is 42.5 Å². The fraction of sp³-hybridized carbons (Fsp3) is 0.179. The normalized spacial score (nSPS) is 15.1. The van der Waals surface area contributed by atoms with Gasteiger partial charge in [-0.15, -0.1) is 5.10 Å². The zero-order chi connectivity index (χ0) is 27.0. The molecule has 2 N–H and O–H groups in total. The lowest BCUT2D eigenvalue weighted by atomic mass is 9.74. The maximum absolute atomic E-state index is 14.4. The molecule has 2 aromatic carbocycles. The van der Waals surface area contributed by atoms with Crippen molar-refractivity contribution in [3.63, 3.8) is 0 Å². The maximum atomic E-state index is 14.4. The third-order valence-electron chi connectivity index (χ3n) is 6.63. The van der Waals surface area contributed by atoms with Crippen LogP contribution in [-0.4, -0.2) is 26.3 Å². The number of pyridine rings is 1. The zero-order valence-electron chi connectivity index (χ0n) is 19.7. The molecule has 0 atom stereocenters. The summed E-state index contributed by atoms with van der Waals surface area (Å²) in [4.78, 5) is 15.1. The number of hydrogen-bond acceptors (Lipinski definition) is 3. The van der Waals surface area contributed by atoms with Gasteiger partial charge in [0.25, 0.3) is 0 Å². The van der Waals surface area contributed by atoms with Gasteiger partial charge in [0, 0.05) is 12.3 Å². The van der Waals surface area contributed by atoms with E-state index < -0.39 is 23.7 Å². The Morgan fingerprint density at radius 3 is 2.39 bits per heavy atom. The van der Waals surface area contributed by atoms with Gasteiger partial charge in [0.2, 0.25) is 5.95 Å². The molecule has 4 aromatic rings. The number of nitrogens with zero attached hydrogens (tertiary/aromatic N) is 2. The van der Waals surface area contributed by atoms with Crippen LogP contribution in [0.4, 0.5) is 17.6 Å². The number of fused-ring (bicyclic) bond motifs is 1. The summed E-state index contributed by atoms with van der Waals surface area (Å²) >= 11 is 6.44. The molecule has 0 saturated heterocycles. The number of aromatic nitrogens is 3. The first-order valence-electron chi connectivity index (χ1n) is 11.7. The van der Waals surface area contributed by atoms with Crippen molar-refractivity contribution >= 4 is 45.7 Å². The van der Waals surface area contributed by atoms with Gasteiger partial charge in [0.15, 0.2) is 0 Å². The molecule has 10 heteroatoms. The molecule has 0 radical (unpaired) electrons. The average Bonchev–Trinajstić information content (AvgIpc) is 3.21. The highest BCUT2D eigenvalue weighted by Crippen LogP contribution is 2.47. The number of rotatable bonds is 6. The minimum Gasteiger partial charge on any atom is -0.478 e. The van der Waals surface area contributed by atoms with Crippen LogP contribution < -0.4 is 0 Å². The van der Waals surface area contributed by atoms with Crippen LogP contribution in [0.3, 0.4) is 0 Å². The van der Waals surface area contributed by atoms with Crippen molar-refractivity contribution in [1.29, 1.82) is 0 Å². The lowest BCUT2D eigenvalue weighted by Gasteiger charge is -2.31. The van der Waals surface area contributed by atoms with Crippen molar-refractivity contribution in [2.75, 3.05) is 0 Å². The second-order valence-corrected chi connectivity index (χ2v) is 9.44. The Morgan fingerprint density at radius 1 is 1.08 bits per heavy atom. The monoisotopic (exact) mass is 541 g/mol. The Kier molecular flexibility index (Phi) is 6.79. The van der Waals surface area contributed by atoms with Crippen LogP contribution in [0, 0.1) is 11.9 Å². The van der Waals surface area contributed by atoms with Crippen LogP contribution in [0.1, 0.15) is 47.2 Å². The quantitative estimate of drug-likeness (QED) is 0.194. The molecule has 0 bridgehead atoms. The van der Waals surface area contributed by atoms with Gasteiger partial charge in [-0.05, 0) is 70.9 Å². The van der Waals surface area contributed by atoms with Crippen molar-refractivity contribution < 1.29 is 27.5 Å². The number of benzene rings is 2. The van der Waals surface area contributed by atoms with E-state index in [-0.39, 0.29) is 22.0 Å². The molecule has 0 aliphatic heterocycles. The Bertz CT molecular complexity index is 1590. The molecule has 5 nitrogen and oxygen atoms in total. The minimum atomic E-state index is -4.60. The molecule has 5 rings (SSSR count). The summed E-state index contributed by atoms with van der Waals surface area (Å²) < 4.78 is 54.4. The molecule has 0 spiro atoms. The minimum absolute atomic E-state index is 0.0248. The van der Waals surface area contributed by atoms with Gasteiger partial charge in [-0.25, -0.2) is 4.79 Å². The summed E-state index contributed by atoms with van der Waals surface area (Å²) in [6.07, 6.45) is 1.17. The third kappa shape index (κ3) is 5.06. The van der Waals surface area contributed by atoms with Gasteiger partial charge < -0.3 is 5.11 Å². The van der Waals surface area contributed by atoms with E-state index in [0.717, 1.165) is 37.6 Å². The number of hydrogen-bond donors (Lipinski definition) is 2. The second kappa shape index (κ2) is 10.1. The van der Waals surface area contributed by atoms with Crippen LogP contribution in [0.2, 0.25) is 5.02 Å².